The fraction of sp³-hybridized carbons (Fsp3) is 0.500. The van der Waals surface area contributed by atoms with E-state index in [0.29, 0.717) is 12.2 Å². The number of carbonyl (C=O) groups excluding carboxylic acids is 1. The largest absolute Gasteiger partial charge is 0.298 e. The number of Topliss-reactive ketones (excluding diaryl/α,β-unsaturated/α-hetero) is 1. The van der Waals surface area contributed by atoms with Crippen LogP contribution in [0.4, 0.5) is 0 Å². The molecule has 2 heterocycles. The fourth-order valence-corrected chi connectivity index (χ4v) is 3.09. The summed E-state index contributed by atoms with van der Waals surface area (Å²) in [7, 11) is 2.03. The Kier molecular flexibility index (Phi) is 3.96. The number of hydrogen-bond acceptors (Lipinski definition) is 4. The summed E-state index contributed by atoms with van der Waals surface area (Å²) in [6, 6.07) is 3.92. The van der Waals surface area contributed by atoms with Crippen LogP contribution < -0.4 is 0 Å². The van der Waals surface area contributed by atoms with E-state index >= 15 is 0 Å². The van der Waals surface area contributed by atoms with Crippen LogP contribution in [0.1, 0.15) is 5.56 Å². The molecular formula is C12H16N2OS. The maximum Gasteiger partial charge on any atom is 0.155 e. The van der Waals surface area contributed by atoms with E-state index in [0.717, 1.165) is 23.6 Å². The van der Waals surface area contributed by atoms with Crippen molar-refractivity contribution in [2.24, 2.45) is 0 Å². The van der Waals surface area contributed by atoms with Gasteiger partial charge in [0, 0.05) is 36.9 Å². The van der Waals surface area contributed by atoms with Crippen LogP contribution in [0.15, 0.2) is 24.5 Å². The lowest BCUT2D eigenvalue weighted by Crippen LogP contribution is -2.45. The first-order valence-electron chi connectivity index (χ1n) is 5.47. The minimum atomic E-state index is 0.0824. The normalized spacial score (nSPS) is 21.9. The third-order valence-electron chi connectivity index (χ3n) is 2.87. The van der Waals surface area contributed by atoms with Crippen molar-refractivity contribution in [3.63, 3.8) is 0 Å². The monoisotopic (exact) mass is 236 g/mol. The predicted octanol–water partition coefficient (Wildman–Crippen LogP) is 1.24. The Morgan fingerprint density at radius 1 is 1.69 bits per heavy atom. The molecule has 0 aromatic carbocycles. The number of aromatic nitrogens is 1. The molecule has 16 heavy (non-hydrogen) atoms. The molecule has 1 aromatic heterocycles. The zero-order valence-electron chi connectivity index (χ0n) is 9.43. The molecule has 0 bridgehead atoms. The molecule has 1 aromatic rings. The molecule has 0 aliphatic carbocycles. The van der Waals surface area contributed by atoms with E-state index in [1.54, 1.807) is 12.4 Å². The smallest absolute Gasteiger partial charge is 0.155 e. The molecule has 1 aliphatic rings. The van der Waals surface area contributed by atoms with Gasteiger partial charge in [0.1, 0.15) is 0 Å². The standard InChI is InChI=1S/C12H16N2OS/c1-14-5-6-16-9-11(14)12(15)7-10-3-2-4-13-8-10/h2-4,8,11H,5-7,9H2,1H3. The molecule has 1 saturated heterocycles. The molecule has 0 saturated carbocycles. The highest BCUT2D eigenvalue weighted by molar-refractivity contribution is 7.99. The average Bonchev–Trinajstić information content (AvgIpc) is 2.31. The number of ketones is 1. The Balaban J connectivity index is 1.97. The maximum absolute atomic E-state index is 12.1. The van der Waals surface area contributed by atoms with Gasteiger partial charge in [-0.05, 0) is 18.7 Å². The highest BCUT2D eigenvalue weighted by Gasteiger charge is 2.25. The van der Waals surface area contributed by atoms with Gasteiger partial charge in [-0.1, -0.05) is 6.07 Å². The molecule has 1 aliphatic heterocycles. The quantitative estimate of drug-likeness (QED) is 0.790. The van der Waals surface area contributed by atoms with Crippen molar-refractivity contribution in [2.75, 3.05) is 25.1 Å². The number of nitrogens with zero attached hydrogens (tertiary/aromatic N) is 2. The van der Waals surface area contributed by atoms with Gasteiger partial charge in [0.05, 0.1) is 6.04 Å². The van der Waals surface area contributed by atoms with Crippen molar-refractivity contribution in [3.8, 4) is 0 Å². The Hall–Kier alpha value is -0.870. The van der Waals surface area contributed by atoms with Gasteiger partial charge in [0.2, 0.25) is 0 Å². The van der Waals surface area contributed by atoms with Crippen LogP contribution in [-0.2, 0) is 11.2 Å². The van der Waals surface area contributed by atoms with Gasteiger partial charge in [-0.25, -0.2) is 0 Å². The molecule has 3 nitrogen and oxygen atoms in total. The molecule has 1 fully saturated rings. The second-order valence-electron chi connectivity index (χ2n) is 4.08. The third kappa shape index (κ3) is 2.83. The molecule has 86 valence electrons. The van der Waals surface area contributed by atoms with Crippen molar-refractivity contribution < 1.29 is 4.79 Å². The van der Waals surface area contributed by atoms with Gasteiger partial charge >= 0.3 is 0 Å². The van der Waals surface area contributed by atoms with Crippen LogP contribution in [0.25, 0.3) is 0 Å². The van der Waals surface area contributed by atoms with Crippen LogP contribution in [0, 0.1) is 0 Å². The third-order valence-corrected chi connectivity index (χ3v) is 3.89. The number of likely N-dealkylation sites (N-methyl/N-ethyl adjacent to an activating group) is 1. The number of thioether (sulfide) groups is 1. The number of hydrogen-bond donors (Lipinski definition) is 0. The van der Waals surface area contributed by atoms with Crippen LogP contribution in [0.5, 0.6) is 0 Å². The van der Waals surface area contributed by atoms with Gasteiger partial charge in [-0.15, -0.1) is 0 Å². The molecule has 0 spiro atoms. The number of pyridine rings is 1. The van der Waals surface area contributed by atoms with Crippen molar-refractivity contribution in [2.45, 2.75) is 12.5 Å². The maximum atomic E-state index is 12.1. The molecule has 1 unspecified atom stereocenters. The summed E-state index contributed by atoms with van der Waals surface area (Å²) in [5.41, 5.74) is 1.01. The minimum Gasteiger partial charge on any atom is -0.298 e. The van der Waals surface area contributed by atoms with Crippen molar-refractivity contribution in [1.82, 2.24) is 9.88 Å². The van der Waals surface area contributed by atoms with Crippen molar-refractivity contribution in [3.05, 3.63) is 30.1 Å². The molecule has 0 N–H and O–H groups in total. The minimum absolute atomic E-state index is 0.0824. The SMILES string of the molecule is CN1CCSCC1C(=O)Cc1cccnc1. The summed E-state index contributed by atoms with van der Waals surface area (Å²) < 4.78 is 0. The first kappa shape index (κ1) is 11.6. The highest BCUT2D eigenvalue weighted by Crippen LogP contribution is 2.16. The fourth-order valence-electron chi connectivity index (χ4n) is 1.85. The summed E-state index contributed by atoms with van der Waals surface area (Å²) in [5, 5.41) is 0. The van der Waals surface area contributed by atoms with E-state index in [2.05, 4.69) is 9.88 Å². The summed E-state index contributed by atoms with van der Waals surface area (Å²) in [6.45, 7) is 1.01. The van der Waals surface area contributed by atoms with Gasteiger partial charge < -0.3 is 0 Å². The predicted molar refractivity (Wildman–Crippen MR) is 66.7 cm³/mol. The molecule has 1 atom stereocenters. The van der Waals surface area contributed by atoms with Gasteiger partial charge in [-0.3, -0.25) is 14.7 Å². The Bertz CT molecular complexity index is 355. The molecular weight excluding hydrogens is 220 g/mol. The lowest BCUT2D eigenvalue weighted by molar-refractivity contribution is -0.122. The molecule has 0 amide bonds. The number of rotatable bonds is 3. The van der Waals surface area contributed by atoms with Crippen molar-refractivity contribution >= 4 is 17.5 Å². The Morgan fingerprint density at radius 3 is 3.25 bits per heavy atom. The van der Waals surface area contributed by atoms with Crippen LogP contribution in [0.2, 0.25) is 0 Å². The number of carbonyl (C=O) groups is 1. The van der Waals surface area contributed by atoms with E-state index < -0.39 is 0 Å². The zero-order valence-corrected chi connectivity index (χ0v) is 10.2. The second kappa shape index (κ2) is 5.46. The van der Waals surface area contributed by atoms with E-state index in [4.69, 9.17) is 0 Å². The van der Waals surface area contributed by atoms with E-state index in [1.165, 1.54) is 0 Å². The zero-order chi connectivity index (χ0) is 11.4. The Labute approximate surface area is 100 Å². The van der Waals surface area contributed by atoms with E-state index in [9.17, 15) is 4.79 Å². The van der Waals surface area contributed by atoms with Crippen LogP contribution in [-0.4, -0.2) is 46.8 Å². The first-order chi connectivity index (χ1) is 7.77. The highest BCUT2D eigenvalue weighted by atomic mass is 32.2. The topological polar surface area (TPSA) is 33.2 Å². The van der Waals surface area contributed by atoms with Crippen LogP contribution in [0.3, 0.4) is 0 Å². The second-order valence-corrected chi connectivity index (χ2v) is 5.23. The summed E-state index contributed by atoms with van der Waals surface area (Å²) in [6.07, 6.45) is 4.01. The molecule has 4 heteroatoms. The van der Waals surface area contributed by atoms with E-state index in [1.807, 2.05) is 30.9 Å². The van der Waals surface area contributed by atoms with Gasteiger partial charge in [-0.2, -0.15) is 11.8 Å². The van der Waals surface area contributed by atoms with Crippen LogP contribution >= 0.6 is 11.8 Å². The first-order valence-corrected chi connectivity index (χ1v) is 6.62. The average molecular weight is 236 g/mol. The van der Waals surface area contributed by atoms with E-state index in [-0.39, 0.29) is 6.04 Å². The summed E-state index contributed by atoms with van der Waals surface area (Å²) in [4.78, 5) is 18.3. The lowest BCUT2D eigenvalue weighted by Gasteiger charge is -2.30. The molecule has 0 radical (unpaired) electrons. The van der Waals surface area contributed by atoms with Crippen molar-refractivity contribution in [1.29, 1.82) is 0 Å². The summed E-state index contributed by atoms with van der Waals surface area (Å²) >= 11 is 1.87. The lowest BCUT2D eigenvalue weighted by atomic mass is 10.1. The van der Waals surface area contributed by atoms with Gasteiger partial charge in [0.15, 0.2) is 5.78 Å². The Morgan fingerprint density at radius 2 is 2.56 bits per heavy atom. The molecule has 2 rings (SSSR count). The summed E-state index contributed by atoms with van der Waals surface area (Å²) in [5.74, 6) is 2.37. The van der Waals surface area contributed by atoms with Gasteiger partial charge in [0.25, 0.3) is 0 Å².